The van der Waals surface area contributed by atoms with E-state index < -0.39 is 9.84 Å². The molecule has 0 N–H and O–H groups in total. The third-order valence-electron chi connectivity index (χ3n) is 2.33. The van der Waals surface area contributed by atoms with Gasteiger partial charge in [0.1, 0.15) is 0 Å². The molecule has 0 aliphatic carbocycles. The molecule has 0 aliphatic heterocycles. The van der Waals surface area contributed by atoms with Crippen LogP contribution in [0.15, 0.2) is 56.7 Å². The van der Waals surface area contributed by atoms with E-state index in [1.54, 1.807) is 12.1 Å². The van der Waals surface area contributed by atoms with Crippen LogP contribution < -0.4 is 0 Å². The van der Waals surface area contributed by atoms with Crippen molar-refractivity contribution in [1.82, 2.24) is 0 Å². The van der Waals surface area contributed by atoms with Crippen LogP contribution in [-0.2, 0) is 9.84 Å². The van der Waals surface area contributed by atoms with E-state index in [2.05, 4.69) is 15.9 Å². The number of halogens is 3. The molecule has 94 valence electrons. The number of hydrogen-bond donors (Lipinski definition) is 0. The van der Waals surface area contributed by atoms with Crippen LogP contribution in [0.25, 0.3) is 0 Å². The van der Waals surface area contributed by atoms with Crippen LogP contribution in [0.1, 0.15) is 0 Å². The molecule has 0 fully saturated rings. The number of benzene rings is 2. The van der Waals surface area contributed by atoms with Crippen molar-refractivity contribution in [3.63, 3.8) is 0 Å². The van der Waals surface area contributed by atoms with Gasteiger partial charge >= 0.3 is 0 Å². The van der Waals surface area contributed by atoms with E-state index in [0.29, 0.717) is 5.02 Å². The zero-order chi connectivity index (χ0) is 13.3. The van der Waals surface area contributed by atoms with E-state index in [1.165, 1.54) is 30.3 Å². The Labute approximate surface area is 124 Å². The van der Waals surface area contributed by atoms with Gasteiger partial charge in [0.25, 0.3) is 0 Å². The van der Waals surface area contributed by atoms with Gasteiger partial charge in [-0.2, -0.15) is 0 Å². The maximum Gasteiger partial charge on any atom is 0.206 e. The predicted molar refractivity (Wildman–Crippen MR) is 76.1 cm³/mol. The van der Waals surface area contributed by atoms with Gasteiger partial charge in [0, 0.05) is 4.47 Å². The third-order valence-corrected chi connectivity index (χ3v) is 5.36. The molecule has 0 saturated carbocycles. The van der Waals surface area contributed by atoms with Crippen LogP contribution >= 0.6 is 39.1 Å². The molecule has 0 amide bonds. The Bertz CT molecular complexity index is 682. The van der Waals surface area contributed by atoms with Gasteiger partial charge < -0.3 is 0 Å². The zero-order valence-electron chi connectivity index (χ0n) is 8.90. The lowest BCUT2D eigenvalue weighted by Gasteiger charge is -2.06. The standard InChI is InChI=1S/C12H7BrCl2O2S/c13-8-1-3-9(4-2-8)18(16,17)10-5-6-11(14)12(15)7-10/h1-7H. The van der Waals surface area contributed by atoms with Gasteiger partial charge in [-0.1, -0.05) is 39.1 Å². The van der Waals surface area contributed by atoms with Gasteiger partial charge in [0.05, 0.1) is 19.8 Å². The summed E-state index contributed by atoms with van der Waals surface area (Å²) in [6.45, 7) is 0. The number of hydrogen-bond acceptors (Lipinski definition) is 2. The van der Waals surface area contributed by atoms with Crippen LogP contribution in [-0.4, -0.2) is 8.42 Å². The van der Waals surface area contributed by atoms with Crippen molar-refractivity contribution < 1.29 is 8.42 Å². The van der Waals surface area contributed by atoms with Gasteiger partial charge in [-0.05, 0) is 42.5 Å². The summed E-state index contributed by atoms with van der Waals surface area (Å²) in [5, 5.41) is 0.543. The van der Waals surface area contributed by atoms with Crippen LogP contribution in [0.2, 0.25) is 10.0 Å². The Balaban J connectivity index is 2.54. The van der Waals surface area contributed by atoms with E-state index in [9.17, 15) is 8.42 Å². The van der Waals surface area contributed by atoms with Crippen LogP contribution in [0.5, 0.6) is 0 Å². The van der Waals surface area contributed by atoms with Gasteiger partial charge in [-0.25, -0.2) is 8.42 Å². The topological polar surface area (TPSA) is 34.1 Å². The molecule has 2 nitrogen and oxygen atoms in total. The summed E-state index contributed by atoms with van der Waals surface area (Å²) < 4.78 is 25.4. The highest BCUT2D eigenvalue weighted by Crippen LogP contribution is 2.28. The van der Waals surface area contributed by atoms with Crippen molar-refractivity contribution in [3.8, 4) is 0 Å². The summed E-state index contributed by atoms with van der Waals surface area (Å²) in [6.07, 6.45) is 0. The first kappa shape index (κ1) is 13.9. The summed E-state index contributed by atoms with van der Waals surface area (Å²) in [7, 11) is -3.56. The molecule has 0 bridgehead atoms. The summed E-state index contributed by atoms with van der Waals surface area (Å²) in [5.41, 5.74) is 0. The number of sulfone groups is 1. The second-order valence-electron chi connectivity index (χ2n) is 3.53. The normalized spacial score (nSPS) is 11.5. The van der Waals surface area contributed by atoms with E-state index in [4.69, 9.17) is 23.2 Å². The smallest absolute Gasteiger partial charge is 0.206 e. The van der Waals surface area contributed by atoms with E-state index in [1.807, 2.05) is 0 Å². The lowest BCUT2D eigenvalue weighted by atomic mass is 10.4. The average Bonchev–Trinajstić information content (AvgIpc) is 2.33. The fraction of sp³-hybridized carbons (Fsp3) is 0. The van der Waals surface area contributed by atoms with Crippen molar-refractivity contribution in [3.05, 3.63) is 57.0 Å². The van der Waals surface area contributed by atoms with Crippen LogP contribution in [0.3, 0.4) is 0 Å². The maximum absolute atomic E-state index is 12.3. The molecule has 2 aromatic rings. The summed E-state index contributed by atoms with van der Waals surface area (Å²) in [5.74, 6) is 0. The highest BCUT2D eigenvalue weighted by Gasteiger charge is 2.18. The molecular formula is C12H7BrCl2O2S. The Kier molecular flexibility index (Phi) is 4.02. The first-order chi connectivity index (χ1) is 8.41. The highest BCUT2D eigenvalue weighted by atomic mass is 79.9. The molecule has 0 unspecified atom stereocenters. The molecule has 0 atom stereocenters. The Hall–Kier alpha value is -0.550. The Morgan fingerprint density at radius 3 is 1.94 bits per heavy atom. The summed E-state index contributed by atoms with van der Waals surface area (Å²) in [4.78, 5) is 0.336. The maximum atomic E-state index is 12.3. The molecule has 0 aliphatic rings. The minimum Gasteiger partial charge on any atom is -0.219 e. The second kappa shape index (κ2) is 5.21. The average molecular weight is 366 g/mol. The van der Waals surface area contributed by atoms with Gasteiger partial charge in [0.2, 0.25) is 9.84 Å². The molecule has 0 saturated heterocycles. The summed E-state index contributed by atoms with van der Waals surface area (Å²) >= 11 is 14.8. The quantitative estimate of drug-likeness (QED) is 0.779. The lowest BCUT2D eigenvalue weighted by Crippen LogP contribution is -2.01. The molecule has 0 spiro atoms. The SMILES string of the molecule is O=S(=O)(c1ccc(Br)cc1)c1ccc(Cl)c(Cl)c1. The van der Waals surface area contributed by atoms with Crippen LogP contribution in [0.4, 0.5) is 0 Å². The molecule has 18 heavy (non-hydrogen) atoms. The van der Waals surface area contributed by atoms with Crippen molar-refractivity contribution >= 4 is 49.0 Å². The second-order valence-corrected chi connectivity index (χ2v) is 7.21. The first-order valence-electron chi connectivity index (χ1n) is 4.87. The molecule has 0 aromatic heterocycles. The largest absolute Gasteiger partial charge is 0.219 e. The first-order valence-corrected chi connectivity index (χ1v) is 7.90. The van der Waals surface area contributed by atoms with E-state index in [0.717, 1.165) is 4.47 Å². The number of rotatable bonds is 2. The van der Waals surface area contributed by atoms with E-state index >= 15 is 0 Å². The van der Waals surface area contributed by atoms with Crippen LogP contribution in [0, 0.1) is 0 Å². The third kappa shape index (κ3) is 2.72. The predicted octanol–water partition coefficient (Wildman–Crippen LogP) is 4.59. The fourth-order valence-corrected chi connectivity index (χ4v) is 3.31. The van der Waals surface area contributed by atoms with Crippen molar-refractivity contribution in [2.24, 2.45) is 0 Å². The molecular weight excluding hydrogens is 359 g/mol. The highest BCUT2D eigenvalue weighted by molar-refractivity contribution is 9.10. The monoisotopic (exact) mass is 364 g/mol. The fourth-order valence-electron chi connectivity index (χ4n) is 1.39. The molecule has 2 aromatic carbocycles. The van der Waals surface area contributed by atoms with Gasteiger partial charge in [-0.3, -0.25) is 0 Å². The Morgan fingerprint density at radius 2 is 1.39 bits per heavy atom. The van der Waals surface area contributed by atoms with Crippen molar-refractivity contribution in [2.75, 3.05) is 0 Å². The minimum absolute atomic E-state index is 0.124. The van der Waals surface area contributed by atoms with Gasteiger partial charge in [0.15, 0.2) is 0 Å². The zero-order valence-corrected chi connectivity index (χ0v) is 12.8. The molecule has 0 radical (unpaired) electrons. The van der Waals surface area contributed by atoms with Gasteiger partial charge in [-0.15, -0.1) is 0 Å². The molecule has 0 heterocycles. The summed E-state index contributed by atoms with van der Waals surface area (Å²) in [6, 6.07) is 10.7. The van der Waals surface area contributed by atoms with E-state index in [-0.39, 0.29) is 14.8 Å². The van der Waals surface area contributed by atoms with Crippen molar-refractivity contribution in [2.45, 2.75) is 9.79 Å². The molecule has 2 rings (SSSR count). The Morgan fingerprint density at radius 1 is 0.833 bits per heavy atom. The molecule has 6 heteroatoms. The lowest BCUT2D eigenvalue weighted by molar-refractivity contribution is 0.596. The van der Waals surface area contributed by atoms with Crippen molar-refractivity contribution in [1.29, 1.82) is 0 Å². The minimum atomic E-state index is -3.56.